The maximum absolute atomic E-state index is 13.0. The lowest BCUT2D eigenvalue weighted by Crippen LogP contribution is -2.25. The summed E-state index contributed by atoms with van der Waals surface area (Å²) in [5.41, 5.74) is 0. The third-order valence-electron chi connectivity index (χ3n) is 2.67. The maximum Gasteiger partial charge on any atom is 0.141 e. The van der Waals surface area contributed by atoms with Crippen LogP contribution in [0.25, 0.3) is 0 Å². The number of hydrogen-bond acceptors (Lipinski definition) is 2. The molecule has 1 rings (SSSR count). The monoisotopic (exact) mass is 291 g/mol. The van der Waals surface area contributed by atoms with Gasteiger partial charge >= 0.3 is 0 Å². The van der Waals surface area contributed by atoms with Gasteiger partial charge in [0.1, 0.15) is 5.82 Å². The Morgan fingerprint density at radius 1 is 1.50 bits per heavy atom. The molecule has 0 amide bonds. The second kappa shape index (κ2) is 7.87. The summed E-state index contributed by atoms with van der Waals surface area (Å²) in [4.78, 5) is 0.595. The van der Waals surface area contributed by atoms with E-state index in [2.05, 4.69) is 19.2 Å². The Morgan fingerprint density at radius 3 is 2.83 bits per heavy atom. The van der Waals surface area contributed by atoms with Crippen LogP contribution in [0.15, 0.2) is 23.1 Å². The van der Waals surface area contributed by atoms with Crippen molar-refractivity contribution in [2.75, 3.05) is 12.3 Å². The van der Waals surface area contributed by atoms with E-state index in [9.17, 15) is 8.60 Å². The molecule has 0 aromatic heterocycles. The molecule has 102 valence electrons. The lowest BCUT2D eigenvalue weighted by atomic mass is 10.2. The molecule has 5 heteroatoms. The lowest BCUT2D eigenvalue weighted by molar-refractivity contribution is 0.525. The van der Waals surface area contributed by atoms with Crippen LogP contribution < -0.4 is 5.32 Å². The van der Waals surface area contributed by atoms with Crippen molar-refractivity contribution in [3.8, 4) is 0 Å². The van der Waals surface area contributed by atoms with E-state index in [1.54, 1.807) is 0 Å². The molecule has 0 aliphatic heterocycles. The first-order valence-electron chi connectivity index (χ1n) is 6.11. The average Bonchev–Trinajstić information content (AvgIpc) is 2.33. The average molecular weight is 292 g/mol. The molecule has 0 saturated carbocycles. The van der Waals surface area contributed by atoms with Crippen LogP contribution in [0, 0.1) is 5.82 Å². The minimum Gasteiger partial charge on any atom is -0.315 e. The van der Waals surface area contributed by atoms with Crippen molar-refractivity contribution in [3.05, 3.63) is 29.0 Å². The molecule has 0 heterocycles. The van der Waals surface area contributed by atoms with E-state index in [0.717, 1.165) is 19.4 Å². The van der Waals surface area contributed by atoms with Crippen molar-refractivity contribution in [3.63, 3.8) is 0 Å². The van der Waals surface area contributed by atoms with Gasteiger partial charge in [0, 0.05) is 16.7 Å². The molecular formula is C13H19ClFNOS. The third-order valence-corrected chi connectivity index (χ3v) is 4.40. The normalized spacial score (nSPS) is 14.4. The van der Waals surface area contributed by atoms with E-state index in [4.69, 9.17) is 11.6 Å². The minimum absolute atomic E-state index is 0.0295. The van der Waals surface area contributed by atoms with Gasteiger partial charge in [-0.05, 0) is 44.5 Å². The van der Waals surface area contributed by atoms with Gasteiger partial charge in [-0.2, -0.15) is 0 Å². The van der Waals surface area contributed by atoms with Gasteiger partial charge < -0.3 is 5.32 Å². The van der Waals surface area contributed by atoms with Crippen molar-refractivity contribution in [1.29, 1.82) is 0 Å². The van der Waals surface area contributed by atoms with Gasteiger partial charge in [0.15, 0.2) is 0 Å². The first-order valence-corrected chi connectivity index (χ1v) is 7.81. The molecule has 0 aliphatic carbocycles. The maximum atomic E-state index is 13.0. The fourth-order valence-corrected chi connectivity index (χ4v) is 3.09. The van der Waals surface area contributed by atoms with Crippen LogP contribution in [-0.4, -0.2) is 22.5 Å². The van der Waals surface area contributed by atoms with Gasteiger partial charge in [0.2, 0.25) is 0 Å². The van der Waals surface area contributed by atoms with Crippen LogP contribution in [-0.2, 0) is 10.8 Å². The van der Waals surface area contributed by atoms with Gasteiger partial charge in [-0.25, -0.2) is 4.39 Å². The second-order valence-electron chi connectivity index (χ2n) is 4.23. The van der Waals surface area contributed by atoms with Crippen LogP contribution in [0.2, 0.25) is 5.02 Å². The summed E-state index contributed by atoms with van der Waals surface area (Å²) in [7, 11) is -1.10. The smallest absolute Gasteiger partial charge is 0.141 e. The largest absolute Gasteiger partial charge is 0.315 e. The van der Waals surface area contributed by atoms with E-state index in [-0.39, 0.29) is 5.02 Å². The number of halogens is 2. The Labute approximate surface area is 115 Å². The van der Waals surface area contributed by atoms with E-state index >= 15 is 0 Å². The fourth-order valence-electron chi connectivity index (χ4n) is 1.71. The topological polar surface area (TPSA) is 29.1 Å². The Hall–Kier alpha value is -0.450. The summed E-state index contributed by atoms with van der Waals surface area (Å²) in [5.74, 6) is 0.107. The molecule has 0 fully saturated rings. The zero-order valence-electron chi connectivity index (χ0n) is 10.7. The van der Waals surface area contributed by atoms with Gasteiger partial charge in [-0.15, -0.1) is 0 Å². The highest BCUT2D eigenvalue weighted by molar-refractivity contribution is 7.85. The van der Waals surface area contributed by atoms with Crippen LogP contribution in [0.5, 0.6) is 0 Å². The van der Waals surface area contributed by atoms with E-state index < -0.39 is 16.6 Å². The standard InChI is InChI=1S/C13H19ClFNOS/c1-3-16-10(2)5-4-8-18(17)11-6-7-13(15)12(14)9-11/h6-7,9-10,16H,3-5,8H2,1-2H3. The molecule has 18 heavy (non-hydrogen) atoms. The molecule has 0 radical (unpaired) electrons. The van der Waals surface area contributed by atoms with E-state index in [1.807, 2.05) is 0 Å². The van der Waals surface area contributed by atoms with Crippen LogP contribution in [0.1, 0.15) is 26.7 Å². The van der Waals surface area contributed by atoms with Gasteiger partial charge in [0.25, 0.3) is 0 Å². The lowest BCUT2D eigenvalue weighted by Gasteiger charge is -2.11. The summed E-state index contributed by atoms with van der Waals surface area (Å²) >= 11 is 5.66. The Kier molecular flexibility index (Phi) is 6.82. The Morgan fingerprint density at radius 2 is 2.22 bits per heavy atom. The predicted molar refractivity (Wildman–Crippen MR) is 75.1 cm³/mol. The Balaban J connectivity index is 2.43. The van der Waals surface area contributed by atoms with E-state index in [0.29, 0.717) is 16.7 Å². The molecule has 1 N–H and O–H groups in total. The van der Waals surface area contributed by atoms with Crippen molar-refractivity contribution in [1.82, 2.24) is 5.32 Å². The fraction of sp³-hybridized carbons (Fsp3) is 0.538. The summed E-state index contributed by atoms with van der Waals surface area (Å²) in [6.45, 7) is 5.12. The minimum atomic E-state index is -1.10. The van der Waals surface area contributed by atoms with Gasteiger partial charge in [0.05, 0.1) is 15.8 Å². The first-order chi connectivity index (χ1) is 8.54. The molecule has 0 bridgehead atoms. The molecule has 1 aromatic rings. The summed E-state index contributed by atoms with van der Waals surface area (Å²) in [5, 5.41) is 3.34. The number of nitrogens with one attached hydrogen (secondary N) is 1. The van der Waals surface area contributed by atoms with E-state index in [1.165, 1.54) is 18.2 Å². The zero-order chi connectivity index (χ0) is 13.5. The second-order valence-corrected chi connectivity index (χ2v) is 6.20. The van der Waals surface area contributed by atoms with Gasteiger partial charge in [-0.3, -0.25) is 4.21 Å². The summed E-state index contributed by atoms with van der Waals surface area (Å²) in [6.07, 6.45) is 1.85. The molecular weight excluding hydrogens is 273 g/mol. The first kappa shape index (κ1) is 15.6. The highest BCUT2D eigenvalue weighted by Crippen LogP contribution is 2.19. The predicted octanol–water partition coefficient (Wildman–Crippen LogP) is 3.36. The molecule has 0 saturated heterocycles. The highest BCUT2D eigenvalue weighted by Gasteiger charge is 2.08. The number of hydrogen-bond donors (Lipinski definition) is 1. The van der Waals surface area contributed by atoms with Crippen LogP contribution in [0.4, 0.5) is 4.39 Å². The van der Waals surface area contributed by atoms with Crippen molar-refractivity contribution in [2.45, 2.75) is 37.6 Å². The highest BCUT2D eigenvalue weighted by atomic mass is 35.5. The third kappa shape index (κ3) is 5.04. The summed E-state index contributed by atoms with van der Waals surface area (Å²) < 4.78 is 24.9. The number of benzene rings is 1. The van der Waals surface area contributed by atoms with Crippen LogP contribution in [0.3, 0.4) is 0 Å². The number of rotatable bonds is 7. The Bertz CT molecular complexity index is 414. The zero-order valence-corrected chi connectivity index (χ0v) is 12.3. The molecule has 0 aliphatic rings. The molecule has 0 spiro atoms. The van der Waals surface area contributed by atoms with Crippen LogP contribution >= 0.6 is 11.6 Å². The molecule has 2 nitrogen and oxygen atoms in total. The SMILES string of the molecule is CCNC(C)CCCS(=O)c1ccc(F)c(Cl)c1. The summed E-state index contributed by atoms with van der Waals surface area (Å²) in [6, 6.07) is 4.67. The van der Waals surface area contributed by atoms with Gasteiger partial charge in [-0.1, -0.05) is 18.5 Å². The molecule has 1 aromatic carbocycles. The molecule has 2 atom stereocenters. The van der Waals surface area contributed by atoms with Crippen molar-refractivity contribution < 1.29 is 8.60 Å². The quantitative estimate of drug-likeness (QED) is 0.834. The molecule has 2 unspecified atom stereocenters. The van der Waals surface area contributed by atoms with Crippen molar-refractivity contribution in [2.24, 2.45) is 0 Å². The van der Waals surface area contributed by atoms with Crippen molar-refractivity contribution >= 4 is 22.4 Å².